The van der Waals surface area contributed by atoms with Crippen molar-refractivity contribution in [3.8, 4) is 0 Å². The van der Waals surface area contributed by atoms with Crippen molar-refractivity contribution in [3.63, 3.8) is 0 Å². The van der Waals surface area contributed by atoms with E-state index in [0.29, 0.717) is 5.57 Å². The second kappa shape index (κ2) is 6.02. The Kier molecular flexibility index (Phi) is 4.17. The Morgan fingerprint density at radius 1 is 1.21 bits per heavy atom. The molecule has 2 aliphatic rings. The first-order valence-corrected chi connectivity index (χ1v) is 8.57. The minimum atomic E-state index is -1.22. The summed E-state index contributed by atoms with van der Waals surface area (Å²) in [6, 6.07) is 8.10. The van der Waals surface area contributed by atoms with Crippen molar-refractivity contribution >= 4 is 29.4 Å². The molecule has 6 heteroatoms. The molecule has 24 heavy (non-hydrogen) atoms. The number of carbonyl (C=O) groups excluding carboxylic acids is 2. The minimum Gasteiger partial charge on any atom is -0.419 e. The van der Waals surface area contributed by atoms with E-state index >= 15 is 0 Å². The Morgan fingerprint density at radius 3 is 2.46 bits per heavy atom. The molecule has 3 rings (SSSR count). The molecule has 0 spiro atoms. The Balaban J connectivity index is 1.97. The van der Waals surface area contributed by atoms with Crippen molar-refractivity contribution in [2.45, 2.75) is 38.4 Å². The number of anilines is 1. The molecule has 126 valence electrons. The van der Waals surface area contributed by atoms with Crippen LogP contribution in [0.4, 0.5) is 5.69 Å². The van der Waals surface area contributed by atoms with Gasteiger partial charge in [-0.15, -0.1) is 0 Å². The number of thioether (sulfide) groups is 1. The number of rotatable bonds is 2. The highest BCUT2D eigenvalue weighted by Crippen LogP contribution is 2.46. The number of benzene rings is 1. The van der Waals surface area contributed by atoms with Crippen LogP contribution in [0.2, 0.25) is 0 Å². The average Bonchev–Trinajstić information content (AvgIpc) is 2.81. The van der Waals surface area contributed by atoms with E-state index in [4.69, 9.17) is 9.47 Å². The molecule has 0 aromatic heterocycles. The predicted octanol–water partition coefficient (Wildman–Crippen LogP) is 3.61. The van der Waals surface area contributed by atoms with Crippen LogP contribution < -0.4 is 4.90 Å². The summed E-state index contributed by atoms with van der Waals surface area (Å²) in [5.74, 6) is -2.51. The van der Waals surface area contributed by atoms with Crippen molar-refractivity contribution in [3.05, 3.63) is 46.5 Å². The van der Waals surface area contributed by atoms with Gasteiger partial charge in [-0.25, -0.2) is 9.59 Å². The van der Waals surface area contributed by atoms with E-state index in [0.717, 1.165) is 22.2 Å². The van der Waals surface area contributed by atoms with Crippen LogP contribution in [0.3, 0.4) is 0 Å². The summed E-state index contributed by atoms with van der Waals surface area (Å²) in [5.41, 5.74) is 1.62. The van der Waals surface area contributed by atoms with Gasteiger partial charge in [0.05, 0.1) is 10.7 Å². The van der Waals surface area contributed by atoms with Crippen molar-refractivity contribution in [1.82, 2.24) is 0 Å². The van der Waals surface area contributed by atoms with Crippen molar-refractivity contribution < 1.29 is 19.1 Å². The van der Waals surface area contributed by atoms with Crippen LogP contribution in [0, 0.1) is 0 Å². The Morgan fingerprint density at radius 2 is 1.83 bits per heavy atom. The molecular weight excluding hydrogens is 326 g/mol. The first-order valence-electron chi connectivity index (χ1n) is 7.76. The van der Waals surface area contributed by atoms with Gasteiger partial charge >= 0.3 is 11.9 Å². The van der Waals surface area contributed by atoms with Crippen LogP contribution in [0.15, 0.2) is 51.4 Å². The maximum Gasteiger partial charge on any atom is 0.349 e. The SMILES string of the molecule is CCN1C(=CC(C)=C2C(=O)OC(C)(C)OC2=O)Sc2ccccc21. The summed E-state index contributed by atoms with van der Waals surface area (Å²) in [6.45, 7) is 7.65. The van der Waals surface area contributed by atoms with E-state index in [9.17, 15) is 9.59 Å². The molecule has 1 aromatic rings. The summed E-state index contributed by atoms with van der Waals surface area (Å²) < 4.78 is 10.3. The van der Waals surface area contributed by atoms with Crippen LogP contribution in [0.1, 0.15) is 27.7 Å². The number of allylic oxidation sites excluding steroid dienone is 2. The van der Waals surface area contributed by atoms with E-state index in [1.54, 1.807) is 18.7 Å². The number of carbonyl (C=O) groups is 2. The van der Waals surface area contributed by atoms with Gasteiger partial charge in [-0.3, -0.25) is 0 Å². The zero-order valence-electron chi connectivity index (χ0n) is 14.1. The maximum absolute atomic E-state index is 12.2. The molecular formula is C18H19NO4S. The standard InChI is InChI=1S/C18H19NO4S/c1-5-19-12-8-6-7-9-13(12)24-14(19)10-11(2)15-16(20)22-18(3,4)23-17(15)21/h6-10H,5H2,1-4H3. The fourth-order valence-electron chi connectivity index (χ4n) is 2.72. The second-order valence-electron chi connectivity index (χ2n) is 6.03. The predicted molar refractivity (Wildman–Crippen MR) is 92.4 cm³/mol. The summed E-state index contributed by atoms with van der Waals surface area (Å²) >= 11 is 1.61. The van der Waals surface area contributed by atoms with Crippen LogP contribution in [0.25, 0.3) is 0 Å². The maximum atomic E-state index is 12.2. The first kappa shape index (κ1) is 16.6. The van der Waals surface area contributed by atoms with Gasteiger partial charge in [0.15, 0.2) is 0 Å². The first-order chi connectivity index (χ1) is 11.3. The molecule has 0 unspecified atom stereocenters. The third kappa shape index (κ3) is 2.94. The molecule has 1 aromatic carbocycles. The molecule has 1 saturated heterocycles. The molecule has 0 radical (unpaired) electrons. The smallest absolute Gasteiger partial charge is 0.349 e. The number of para-hydroxylation sites is 1. The lowest BCUT2D eigenvalue weighted by Crippen LogP contribution is -2.42. The largest absolute Gasteiger partial charge is 0.419 e. The second-order valence-corrected chi connectivity index (χ2v) is 7.10. The fraction of sp³-hybridized carbons (Fsp3) is 0.333. The summed E-state index contributed by atoms with van der Waals surface area (Å²) in [5, 5.41) is 0.967. The number of fused-ring (bicyclic) bond motifs is 1. The van der Waals surface area contributed by atoms with Gasteiger partial charge in [-0.05, 0) is 37.6 Å². The molecule has 2 aliphatic heterocycles. The van der Waals surface area contributed by atoms with Gasteiger partial charge in [-0.1, -0.05) is 23.9 Å². The molecule has 0 amide bonds. The molecule has 0 N–H and O–H groups in total. The van der Waals surface area contributed by atoms with Crippen molar-refractivity contribution in [1.29, 1.82) is 0 Å². The Bertz CT molecular complexity index is 757. The number of esters is 2. The fourth-order valence-corrected chi connectivity index (χ4v) is 3.95. The van der Waals surface area contributed by atoms with Gasteiger partial charge in [0.2, 0.25) is 0 Å². The quantitative estimate of drug-likeness (QED) is 0.464. The highest BCUT2D eigenvalue weighted by molar-refractivity contribution is 8.03. The monoisotopic (exact) mass is 345 g/mol. The van der Waals surface area contributed by atoms with Gasteiger partial charge in [0.1, 0.15) is 5.57 Å². The summed E-state index contributed by atoms with van der Waals surface area (Å²) in [4.78, 5) is 27.6. The van der Waals surface area contributed by atoms with E-state index in [-0.39, 0.29) is 5.57 Å². The highest BCUT2D eigenvalue weighted by atomic mass is 32.2. The number of hydrogen-bond acceptors (Lipinski definition) is 6. The molecule has 2 heterocycles. The highest BCUT2D eigenvalue weighted by Gasteiger charge is 2.40. The molecule has 5 nitrogen and oxygen atoms in total. The topological polar surface area (TPSA) is 55.8 Å². The zero-order chi connectivity index (χ0) is 17.5. The summed E-state index contributed by atoms with van der Waals surface area (Å²) in [7, 11) is 0. The minimum absolute atomic E-state index is 0.0468. The lowest BCUT2D eigenvalue weighted by atomic mass is 10.1. The van der Waals surface area contributed by atoms with Crippen molar-refractivity contribution in [2.75, 3.05) is 11.4 Å². The van der Waals surface area contributed by atoms with E-state index in [2.05, 4.69) is 24.0 Å². The molecule has 1 fully saturated rings. The van der Waals surface area contributed by atoms with Crippen LogP contribution in [0.5, 0.6) is 0 Å². The third-order valence-corrected chi connectivity index (χ3v) is 4.88. The van der Waals surface area contributed by atoms with Gasteiger partial charge in [0.25, 0.3) is 5.79 Å². The van der Waals surface area contributed by atoms with E-state index in [1.807, 2.05) is 18.2 Å². The van der Waals surface area contributed by atoms with Crippen molar-refractivity contribution in [2.24, 2.45) is 0 Å². The number of cyclic esters (lactones) is 2. The number of ether oxygens (including phenoxy) is 2. The lowest BCUT2D eigenvalue weighted by molar-refractivity contribution is -0.222. The molecule has 0 saturated carbocycles. The Hall–Kier alpha value is -2.21. The molecule has 0 atom stereocenters. The van der Waals surface area contributed by atoms with Gasteiger partial charge in [0, 0.05) is 25.3 Å². The Labute approximate surface area is 145 Å². The van der Waals surface area contributed by atoms with Gasteiger partial charge < -0.3 is 14.4 Å². The number of hydrogen-bond donors (Lipinski definition) is 0. The average molecular weight is 345 g/mol. The lowest BCUT2D eigenvalue weighted by Gasteiger charge is -2.30. The van der Waals surface area contributed by atoms with Crippen LogP contribution in [-0.2, 0) is 19.1 Å². The number of nitrogens with zero attached hydrogens (tertiary/aromatic N) is 1. The third-order valence-electron chi connectivity index (χ3n) is 3.77. The van der Waals surface area contributed by atoms with Crippen LogP contribution in [-0.4, -0.2) is 24.3 Å². The van der Waals surface area contributed by atoms with Crippen LogP contribution >= 0.6 is 11.8 Å². The van der Waals surface area contributed by atoms with E-state index in [1.165, 1.54) is 13.8 Å². The summed E-state index contributed by atoms with van der Waals surface area (Å²) in [6.07, 6.45) is 1.84. The molecule has 0 bridgehead atoms. The zero-order valence-corrected chi connectivity index (χ0v) is 14.9. The van der Waals surface area contributed by atoms with Gasteiger partial charge in [-0.2, -0.15) is 0 Å². The van der Waals surface area contributed by atoms with E-state index < -0.39 is 17.7 Å². The molecule has 0 aliphatic carbocycles. The normalized spacial score (nSPS) is 20.8.